The summed E-state index contributed by atoms with van der Waals surface area (Å²) in [7, 11) is 0. The van der Waals surface area contributed by atoms with Crippen LogP contribution in [0.5, 0.6) is 5.75 Å². The Morgan fingerprint density at radius 1 is 1.20 bits per heavy atom. The van der Waals surface area contributed by atoms with Crippen molar-refractivity contribution < 1.29 is 14.3 Å². The van der Waals surface area contributed by atoms with Gasteiger partial charge in [-0.1, -0.05) is 18.2 Å². The first-order valence-electron chi connectivity index (χ1n) is 6.52. The van der Waals surface area contributed by atoms with Crippen LogP contribution in [-0.4, -0.2) is 18.2 Å². The van der Waals surface area contributed by atoms with E-state index < -0.39 is 5.97 Å². The minimum atomic E-state index is -0.623. The predicted molar refractivity (Wildman–Crippen MR) is 77.0 cm³/mol. The van der Waals surface area contributed by atoms with E-state index >= 15 is 0 Å². The molecule has 1 aromatic carbocycles. The molecule has 0 spiro atoms. The molecule has 0 aliphatic heterocycles. The number of benzene rings is 1. The summed E-state index contributed by atoms with van der Waals surface area (Å²) in [6.07, 6.45) is 1.24. The van der Waals surface area contributed by atoms with Gasteiger partial charge in [0.15, 0.2) is 0 Å². The Morgan fingerprint density at radius 2 is 1.85 bits per heavy atom. The van der Waals surface area contributed by atoms with Crippen molar-refractivity contribution in [3.8, 4) is 11.8 Å². The Kier molecular flexibility index (Phi) is 5.79. The molecular formula is C16H19NO3. The average Bonchev–Trinajstić information content (AvgIpc) is 2.36. The van der Waals surface area contributed by atoms with Crippen molar-refractivity contribution in [2.45, 2.75) is 39.9 Å². The number of rotatable bonds is 5. The van der Waals surface area contributed by atoms with Gasteiger partial charge < -0.3 is 9.47 Å². The Balaban J connectivity index is 3.07. The van der Waals surface area contributed by atoms with Crippen molar-refractivity contribution in [1.82, 2.24) is 0 Å². The van der Waals surface area contributed by atoms with Gasteiger partial charge in [0.05, 0.1) is 12.2 Å². The molecule has 0 N–H and O–H groups in total. The zero-order valence-electron chi connectivity index (χ0n) is 12.2. The van der Waals surface area contributed by atoms with Gasteiger partial charge in [-0.05, 0) is 39.8 Å². The fraction of sp³-hybridized carbons (Fsp3) is 0.375. The molecule has 0 heterocycles. The zero-order valence-corrected chi connectivity index (χ0v) is 12.2. The van der Waals surface area contributed by atoms with Crippen molar-refractivity contribution in [2.24, 2.45) is 0 Å². The lowest BCUT2D eigenvalue weighted by atomic mass is 10.1. The number of nitriles is 1. The molecule has 0 atom stereocenters. The number of carbonyl (C=O) groups excluding carboxylic acids is 1. The Hall–Kier alpha value is -2.28. The first-order valence-corrected chi connectivity index (χ1v) is 6.52. The maximum Gasteiger partial charge on any atom is 0.349 e. The molecule has 0 saturated heterocycles. The molecule has 0 bridgehead atoms. The fourth-order valence-electron chi connectivity index (χ4n) is 1.53. The maximum absolute atomic E-state index is 11.8. The molecule has 0 amide bonds. The van der Waals surface area contributed by atoms with Gasteiger partial charge >= 0.3 is 5.97 Å². The lowest BCUT2D eigenvalue weighted by Gasteiger charge is -2.12. The van der Waals surface area contributed by atoms with E-state index in [0.717, 1.165) is 0 Å². The Bertz CT molecular complexity index is 539. The van der Waals surface area contributed by atoms with Gasteiger partial charge in [-0.2, -0.15) is 5.26 Å². The van der Waals surface area contributed by atoms with Crippen molar-refractivity contribution in [1.29, 1.82) is 5.26 Å². The molecule has 4 heteroatoms. The highest BCUT2D eigenvalue weighted by Gasteiger charge is 2.13. The first-order chi connectivity index (χ1) is 9.43. The third-order valence-electron chi connectivity index (χ3n) is 2.26. The summed E-state index contributed by atoms with van der Waals surface area (Å²) in [5, 5.41) is 9.08. The van der Waals surface area contributed by atoms with Crippen LogP contribution in [0.1, 0.15) is 33.3 Å². The summed E-state index contributed by atoms with van der Waals surface area (Å²) in [6, 6.07) is 9.12. The second-order valence-electron chi connectivity index (χ2n) is 4.83. The molecule has 106 valence electrons. The van der Waals surface area contributed by atoms with Crippen molar-refractivity contribution in [2.75, 3.05) is 0 Å². The molecular weight excluding hydrogens is 254 g/mol. The molecule has 1 rings (SSSR count). The summed E-state index contributed by atoms with van der Waals surface area (Å²) in [5.74, 6) is 0.00875. The number of hydrogen-bond acceptors (Lipinski definition) is 4. The third-order valence-corrected chi connectivity index (χ3v) is 2.26. The van der Waals surface area contributed by atoms with Crippen LogP contribution >= 0.6 is 0 Å². The molecule has 0 unspecified atom stereocenters. The van der Waals surface area contributed by atoms with Crippen molar-refractivity contribution in [3.63, 3.8) is 0 Å². The highest BCUT2D eigenvalue weighted by atomic mass is 16.5. The number of para-hydroxylation sites is 1. The van der Waals surface area contributed by atoms with E-state index in [9.17, 15) is 4.79 Å². The van der Waals surface area contributed by atoms with Gasteiger partial charge in [-0.3, -0.25) is 0 Å². The van der Waals surface area contributed by atoms with Crippen molar-refractivity contribution in [3.05, 3.63) is 35.4 Å². The number of esters is 1. The zero-order chi connectivity index (χ0) is 15.1. The van der Waals surface area contributed by atoms with Crippen LogP contribution in [0.15, 0.2) is 29.8 Å². The summed E-state index contributed by atoms with van der Waals surface area (Å²) >= 11 is 0. The van der Waals surface area contributed by atoms with Gasteiger partial charge in [-0.15, -0.1) is 0 Å². The van der Waals surface area contributed by atoms with Gasteiger partial charge in [0, 0.05) is 5.56 Å². The number of ether oxygens (including phenoxy) is 2. The van der Waals surface area contributed by atoms with E-state index in [2.05, 4.69) is 0 Å². The standard InChI is InChI=1S/C16H19NO3/c1-11(2)19-15-8-6-5-7-13(15)9-14(10-17)16(18)20-12(3)4/h5-9,11-12H,1-4H3. The van der Waals surface area contributed by atoms with E-state index in [-0.39, 0.29) is 17.8 Å². The molecule has 0 radical (unpaired) electrons. The molecule has 20 heavy (non-hydrogen) atoms. The summed E-state index contributed by atoms with van der Waals surface area (Å²) in [5.41, 5.74) is 0.636. The minimum Gasteiger partial charge on any atom is -0.490 e. The topological polar surface area (TPSA) is 59.3 Å². The molecule has 0 aliphatic carbocycles. The first kappa shape index (κ1) is 15.8. The molecule has 0 aromatic heterocycles. The molecule has 1 aromatic rings. The highest BCUT2D eigenvalue weighted by molar-refractivity contribution is 5.98. The second kappa shape index (κ2) is 7.34. The second-order valence-corrected chi connectivity index (χ2v) is 4.83. The molecule has 4 nitrogen and oxygen atoms in total. The van der Waals surface area contributed by atoms with E-state index in [1.807, 2.05) is 32.0 Å². The molecule has 0 aliphatic rings. The smallest absolute Gasteiger partial charge is 0.349 e. The number of carbonyl (C=O) groups is 1. The Morgan fingerprint density at radius 3 is 2.40 bits per heavy atom. The number of nitrogens with zero attached hydrogens (tertiary/aromatic N) is 1. The Labute approximate surface area is 119 Å². The van der Waals surface area contributed by atoms with Crippen LogP contribution in [0.4, 0.5) is 0 Å². The van der Waals surface area contributed by atoms with Crippen LogP contribution in [0.25, 0.3) is 6.08 Å². The monoisotopic (exact) mass is 273 g/mol. The average molecular weight is 273 g/mol. The van der Waals surface area contributed by atoms with Crippen LogP contribution in [-0.2, 0) is 9.53 Å². The maximum atomic E-state index is 11.8. The lowest BCUT2D eigenvalue weighted by Crippen LogP contribution is -2.13. The van der Waals surface area contributed by atoms with E-state index in [0.29, 0.717) is 11.3 Å². The van der Waals surface area contributed by atoms with E-state index in [1.165, 1.54) is 6.08 Å². The largest absolute Gasteiger partial charge is 0.490 e. The number of hydrogen-bond donors (Lipinski definition) is 0. The van der Waals surface area contributed by atoms with Gasteiger partial charge in [0.2, 0.25) is 0 Å². The van der Waals surface area contributed by atoms with Crippen LogP contribution in [0, 0.1) is 11.3 Å². The molecule has 0 fully saturated rings. The summed E-state index contributed by atoms with van der Waals surface area (Å²) in [4.78, 5) is 11.8. The molecule has 0 saturated carbocycles. The summed E-state index contributed by atoms with van der Waals surface area (Å²) < 4.78 is 10.7. The van der Waals surface area contributed by atoms with Gasteiger partial charge in [-0.25, -0.2) is 4.79 Å². The lowest BCUT2D eigenvalue weighted by molar-refractivity contribution is -0.142. The van der Waals surface area contributed by atoms with E-state index in [1.54, 1.807) is 26.0 Å². The van der Waals surface area contributed by atoms with Crippen LogP contribution < -0.4 is 4.74 Å². The normalized spacial score (nSPS) is 11.3. The van der Waals surface area contributed by atoms with Gasteiger partial charge in [0.1, 0.15) is 17.4 Å². The summed E-state index contributed by atoms with van der Waals surface area (Å²) in [6.45, 7) is 7.31. The fourth-order valence-corrected chi connectivity index (χ4v) is 1.53. The minimum absolute atomic E-state index is 0.0118. The van der Waals surface area contributed by atoms with Crippen molar-refractivity contribution >= 4 is 12.0 Å². The van der Waals surface area contributed by atoms with Crippen LogP contribution in [0.2, 0.25) is 0 Å². The third kappa shape index (κ3) is 4.77. The van der Waals surface area contributed by atoms with E-state index in [4.69, 9.17) is 14.7 Å². The predicted octanol–water partition coefficient (Wildman–Crippen LogP) is 3.33. The quantitative estimate of drug-likeness (QED) is 0.469. The van der Waals surface area contributed by atoms with Gasteiger partial charge in [0.25, 0.3) is 0 Å². The van der Waals surface area contributed by atoms with Crippen LogP contribution in [0.3, 0.4) is 0 Å². The SMILES string of the molecule is CC(C)OC(=O)C(C#N)=Cc1ccccc1OC(C)C. The highest BCUT2D eigenvalue weighted by Crippen LogP contribution is 2.22.